The predicted molar refractivity (Wildman–Crippen MR) is 115 cm³/mol. The Labute approximate surface area is 173 Å². The normalized spacial score (nSPS) is 18.1. The van der Waals surface area contributed by atoms with Crippen molar-refractivity contribution >= 4 is 11.6 Å². The number of fused-ring (bicyclic) bond motifs is 1. The average molecular weight is 392 g/mol. The van der Waals surface area contributed by atoms with Crippen molar-refractivity contribution in [3.63, 3.8) is 0 Å². The van der Waals surface area contributed by atoms with E-state index < -0.39 is 0 Å². The Morgan fingerprint density at radius 1 is 1.28 bits per heavy atom. The minimum Gasteiger partial charge on any atom is -0.490 e. The zero-order chi connectivity index (χ0) is 21.3. The molecule has 1 heterocycles. The molecule has 0 fully saturated rings. The Morgan fingerprint density at radius 2 is 2.00 bits per heavy atom. The third-order valence-electron chi connectivity index (χ3n) is 5.52. The molecule has 1 aliphatic heterocycles. The van der Waals surface area contributed by atoms with Gasteiger partial charge >= 0.3 is 0 Å². The third kappa shape index (κ3) is 4.28. The SMILES string of the molecule is CC(C)Oc1ccc(C(=O)Nc2ccc3c(c2)C(C)N(C)CC3(C)C)cc1C#N. The highest BCUT2D eigenvalue weighted by atomic mass is 16.5. The van der Waals surface area contributed by atoms with Gasteiger partial charge in [-0.2, -0.15) is 5.26 Å². The van der Waals surface area contributed by atoms with E-state index in [0.717, 1.165) is 12.2 Å². The van der Waals surface area contributed by atoms with Gasteiger partial charge in [-0.05, 0) is 69.3 Å². The number of nitrogens with zero attached hydrogens (tertiary/aromatic N) is 2. The predicted octanol–water partition coefficient (Wildman–Crippen LogP) is 4.88. The maximum absolute atomic E-state index is 12.8. The van der Waals surface area contributed by atoms with Crippen molar-refractivity contribution < 1.29 is 9.53 Å². The second-order valence-electron chi connectivity index (χ2n) is 8.72. The van der Waals surface area contributed by atoms with E-state index in [1.807, 2.05) is 19.9 Å². The van der Waals surface area contributed by atoms with Crippen LogP contribution in [-0.2, 0) is 5.41 Å². The molecule has 2 aromatic rings. The molecule has 1 atom stereocenters. The van der Waals surface area contributed by atoms with E-state index >= 15 is 0 Å². The molecule has 152 valence electrons. The van der Waals surface area contributed by atoms with Crippen LogP contribution in [0.1, 0.15) is 67.7 Å². The minimum absolute atomic E-state index is 0.0401. The number of likely N-dealkylation sites (N-methyl/N-ethyl adjacent to an activating group) is 1. The molecule has 29 heavy (non-hydrogen) atoms. The lowest BCUT2D eigenvalue weighted by atomic mass is 9.76. The molecule has 5 nitrogen and oxygen atoms in total. The number of benzene rings is 2. The van der Waals surface area contributed by atoms with Gasteiger partial charge in [0.05, 0.1) is 11.7 Å². The number of hydrogen-bond acceptors (Lipinski definition) is 4. The summed E-state index contributed by atoms with van der Waals surface area (Å²) in [5, 5.41) is 12.4. The van der Waals surface area contributed by atoms with Crippen molar-refractivity contribution in [2.24, 2.45) is 0 Å². The molecule has 0 aromatic heterocycles. The number of nitriles is 1. The minimum atomic E-state index is -0.242. The smallest absolute Gasteiger partial charge is 0.255 e. The monoisotopic (exact) mass is 391 g/mol. The highest BCUT2D eigenvalue weighted by Gasteiger charge is 2.34. The highest BCUT2D eigenvalue weighted by Crippen LogP contribution is 2.39. The van der Waals surface area contributed by atoms with Crippen molar-refractivity contribution in [2.45, 2.75) is 52.2 Å². The molecule has 1 N–H and O–H groups in total. The van der Waals surface area contributed by atoms with E-state index in [0.29, 0.717) is 16.9 Å². The van der Waals surface area contributed by atoms with Gasteiger partial charge in [-0.1, -0.05) is 19.9 Å². The molecule has 2 aromatic carbocycles. The van der Waals surface area contributed by atoms with E-state index in [1.54, 1.807) is 18.2 Å². The summed E-state index contributed by atoms with van der Waals surface area (Å²) in [5.74, 6) is 0.251. The first kappa shape index (κ1) is 20.9. The second-order valence-corrected chi connectivity index (χ2v) is 8.72. The van der Waals surface area contributed by atoms with Gasteiger partial charge in [0.1, 0.15) is 11.8 Å². The molecule has 5 heteroatoms. The highest BCUT2D eigenvalue weighted by molar-refractivity contribution is 6.04. The average Bonchev–Trinajstić information content (AvgIpc) is 2.65. The van der Waals surface area contributed by atoms with Gasteiger partial charge in [0, 0.05) is 29.3 Å². The van der Waals surface area contributed by atoms with Crippen LogP contribution in [0.4, 0.5) is 5.69 Å². The first-order valence-corrected chi connectivity index (χ1v) is 9.99. The molecular formula is C24H29N3O2. The lowest BCUT2D eigenvalue weighted by Crippen LogP contribution is -2.42. The summed E-state index contributed by atoms with van der Waals surface area (Å²) in [6, 6.07) is 13.5. The number of carbonyl (C=O) groups is 1. The molecule has 3 rings (SSSR count). The summed E-state index contributed by atoms with van der Waals surface area (Å²) in [7, 11) is 2.13. The van der Waals surface area contributed by atoms with E-state index in [9.17, 15) is 10.1 Å². The standard InChI is InChI=1S/C24H29N3O2/c1-15(2)29-22-10-7-17(11-18(22)13-25)23(28)26-19-8-9-21-20(12-19)16(3)27(6)14-24(21,4)5/h7-12,15-16H,14H2,1-6H3,(H,26,28). The summed E-state index contributed by atoms with van der Waals surface area (Å²) in [6.45, 7) is 11.5. The van der Waals surface area contributed by atoms with Crippen LogP contribution in [0.3, 0.4) is 0 Å². The van der Waals surface area contributed by atoms with Crippen LogP contribution in [0, 0.1) is 11.3 Å². The Balaban J connectivity index is 1.86. The summed E-state index contributed by atoms with van der Waals surface area (Å²) >= 11 is 0. The van der Waals surface area contributed by atoms with Crippen molar-refractivity contribution in [1.82, 2.24) is 4.90 Å². The van der Waals surface area contributed by atoms with Crippen molar-refractivity contribution in [3.05, 3.63) is 58.7 Å². The lowest BCUT2D eigenvalue weighted by molar-refractivity contribution is 0.102. The number of nitrogens with one attached hydrogen (secondary N) is 1. The van der Waals surface area contributed by atoms with Crippen LogP contribution in [0.15, 0.2) is 36.4 Å². The van der Waals surface area contributed by atoms with Gasteiger partial charge in [0.25, 0.3) is 5.91 Å². The van der Waals surface area contributed by atoms with Gasteiger partial charge < -0.3 is 10.1 Å². The van der Waals surface area contributed by atoms with Gasteiger partial charge in [-0.15, -0.1) is 0 Å². The first-order chi connectivity index (χ1) is 13.6. The van der Waals surface area contributed by atoms with Crippen molar-refractivity contribution in [1.29, 1.82) is 5.26 Å². The van der Waals surface area contributed by atoms with Crippen LogP contribution < -0.4 is 10.1 Å². The van der Waals surface area contributed by atoms with E-state index in [4.69, 9.17) is 4.74 Å². The number of anilines is 1. The summed E-state index contributed by atoms with van der Waals surface area (Å²) in [5.41, 5.74) is 4.16. The molecule has 0 spiro atoms. The van der Waals surface area contributed by atoms with Gasteiger partial charge in [0.2, 0.25) is 0 Å². The molecule has 0 saturated carbocycles. The molecule has 1 unspecified atom stereocenters. The fourth-order valence-corrected chi connectivity index (χ4v) is 4.00. The van der Waals surface area contributed by atoms with Crippen LogP contribution in [0.25, 0.3) is 0 Å². The second kappa shape index (κ2) is 7.88. The van der Waals surface area contributed by atoms with Gasteiger partial charge in [-0.3, -0.25) is 9.69 Å². The third-order valence-corrected chi connectivity index (χ3v) is 5.52. The number of rotatable bonds is 4. The number of ether oxygens (including phenoxy) is 1. The molecule has 0 saturated heterocycles. The first-order valence-electron chi connectivity index (χ1n) is 9.99. The van der Waals surface area contributed by atoms with Crippen molar-refractivity contribution in [3.8, 4) is 11.8 Å². The molecule has 0 aliphatic carbocycles. The summed E-state index contributed by atoms with van der Waals surface area (Å²) in [6.07, 6.45) is -0.0401. The maximum atomic E-state index is 12.8. The molecular weight excluding hydrogens is 362 g/mol. The Morgan fingerprint density at radius 3 is 2.66 bits per heavy atom. The van der Waals surface area contributed by atoms with E-state index in [2.05, 4.69) is 56.2 Å². The quantitative estimate of drug-likeness (QED) is 0.806. The number of carbonyl (C=O) groups excluding carboxylic acids is 1. The Hall–Kier alpha value is -2.84. The van der Waals surface area contributed by atoms with Crippen LogP contribution >= 0.6 is 0 Å². The fraction of sp³-hybridized carbons (Fsp3) is 0.417. The molecule has 1 amide bonds. The lowest BCUT2D eigenvalue weighted by Gasteiger charge is -2.42. The van der Waals surface area contributed by atoms with Crippen molar-refractivity contribution in [2.75, 3.05) is 18.9 Å². The molecule has 1 aliphatic rings. The van der Waals surface area contributed by atoms with Crippen LogP contribution in [0.2, 0.25) is 0 Å². The Kier molecular flexibility index (Phi) is 5.68. The maximum Gasteiger partial charge on any atom is 0.255 e. The number of hydrogen-bond donors (Lipinski definition) is 1. The largest absolute Gasteiger partial charge is 0.490 e. The summed E-state index contributed by atoms with van der Waals surface area (Å²) < 4.78 is 5.63. The topological polar surface area (TPSA) is 65.4 Å². The Bertz CT molecular complexity index is 973. The van der Waals surface area contributed by atoms with Gasteiger partial charge in [-0.25, -0.2) is 0 Å². The summed E-state index contributed by atoms with van der Waals surface area (Å²) in [4.78, 5) is 15.1. The molecule has 0 bridgehead atoms. The van der Waals surface area contributed by atoms with E-state index in [-0.39, 0.29) is 23.5 Å². The zero-order valence-electron chi connectivity index (χ0n) is 18.0. The fourth-order valence-electron chi connectivity index (χ4n) is 4.00. The zero-order valence-corrected chi connectivity index (χ0v) is 18.0. The molecule has 0 radical (unpaired) electrons. The van der Waals surface area contributed by atoms with Gasteiger partial charge in [0.15, 0.2) is 0 Å². The number of amides is 1. The van der Waals surface area contributed by atoms with E-state index in [1.165, 1.54) is 11.1 Å². The van der Waals surface area contributed by atoms with Crippen LogP contribution in [-0.4, -0.2) is 30.5 Å². The van der Waals surface area contributed by atoms with Crippen LogP contribution in [0.5, 0.6) is 5.75 Å².